The average molecular weight is 462 g/mol. The van der Waals surface area contributed by atoms with Gasteiger partial charge in [-0.3, -0.25) is 9.69 Å². The van der Waals surface area contributed by atoms with Crippen molar-refractivity contribution in [2.24, 2.45) is 0 Å². The van der Waals surface area contributed by atoms with Crippen LogP contribution in [0.25, 0.3) is 0 Å². The lowest BCUT2D eigenvalue weighted by Gasteiger charge is -2.33. The predicted octanol–water partition coefficient (Wildman–Crippen LogP) is 3.87. The second-order valence-corrected chi connectivity index (χ2v) is 10.7. The third kappa shape index (κ3) is 6.10. The van der Waals surface area contributed by atoms with Gasteiger partial charge in [-0.2, -0.15) is 4.31 Å². The number of carbonyl (C=O) groups excluding carboxylic acids is 1. The molecule has 2 aromatic carbocycles. The molecule has 3 rings (SSSR count). The maximum absolute atomic E-state index is 13.0. The van der Waals surface area contributed by atoms with Crippen LogP contribution in [0.4, 0.5) is 5.69 Å². The standard InChI is InChI=1S/C23H31N3O3S2/c1-4-18(2)19-8-10-22(11-9-19)31(28,29)26-14-12-25(13-15-26)17-23(27)24-20-6-5-7-21(16-20)30-3/h5-11,16,18H,4,12-15,17H2,1-3H3,(H,24,27)/t18-/m1/s1. The largest absolute Gasteiger partial charge is 0.325 e. The van der Waals surface area contributed by atoms with Crippen LogP contribution >= 0.6 is 11.8 Å². The van der Waals surface area contributed by atoms with E-state index in [0.29, 0.717) is 37.0 Å². The van der Waals surface area contributed by atoms with Crippen LogP contribution in [0.5, 0.6) is 0 Å². The molecule has 1 N–H and O–H groups in total. The molecule has 8 heteroatoms. The highest BCUT2D eigenvalue weighted by Crippen LogP contribution is 2.23. The Labute approximate surface area is 190 Å². The van der Waals surface area contributed by atoms with E-state index >= 15 is 0 Å². The summed E-state index contributed by atoms with van der Waals surface area (Å²) in [5.74, 6) is 0.324. The summed E-state index contributed by atoms with van der Waals surface area (Å²) in [6, 6.07) is 15.0. The molecule has 168 valence electrons. The molecule has 0 aromatic heterocycles. The summed E-state index contributed by atoms with van der Waals surface area (Å²) in [5, 5.41) is 2.92. The second kappa shape index (κ2) is 10.6. The number of benzene rings is 2. The molecule has 0 aliphatic carbocycles. The molecule has 0 unspecified atom stereocenters. The Morgan fingerprint density at radius 3 is 2.39 bits per heavy atom. The van der Waals surface area contributed by atoms with Crippen molar-refractivity contribution in [2.75, 3.05) is 44.3 Å². The molecule has 2 aromatic rings. The number of hydrogen-bond donors (Lipinski definition) is 1. The SMILES string of the molecule is CC[C@@H](C)c1ccc(S(=O)(=O)N2CCN(CC(=O)Nc3cccc(SC)c3)CC2)cc1. The van der Waals surface area contributed by atoms with E-state index in [1.165, 1.54) is 4.31 Å². The van der Waals surface area contributed by atoms with Crippen molar-refractivity contribution in [3.8, 4) is 0 Å². The van der Waals surface area contributed by atoms with E-state index in [2.05, 4.69) is 19.2 Å². The van der Waals surface area contributed by atoms with Crippen molar-refractivity contribution in [2.45, 2.75) is 36.0 Å². The minimum atomic E-state index is -3.52. The Balaban J connectivity index is 1.54. The van der Waals surface area contributed by atoms with E-state index in [1.54, 1.807) is 23.9 Å². The van der Waals surface area contributed by atoms with Crippen LogP contribution in [0.1, 0.15) is 31.7 Å². The number of carbonyl (C=O) groups is 1. The third-order valence-electron chi connectivity index (χ3n) is 5.75. The summed E-state index contributed by atoms with van der Waals surface area (Å²) in [7, 11) is -3.52. The van der Waals surface area contributed by atoms with E-state index < -0.39 is 10.0 Å². The van der Waals surface area contributed by atoms with E-state index in [-0.39, 0.29) is 12.5 Å². The fourth-order valence-electron chi connectivity index (χ4n) is 3.59. The number of thioether (sulfide) groups is 1. The summed E-state index contributed by atoms with van der Waals surface area (Å²) in [4.78, 5) is 15.8. The highest BCUT2D eigenvalue weighted by Gasteiger charge is 2.29. The summed E-state index contributed by atoms with van der Waals surface area (Å²) in [6.45, 7) is 6.33. The summed E-state index contributed by atoms with van der Waals surface area (Å²) in [6.07, 6.45) is 3.01. The highest BCUT2D eigenvalue weighted by atomic mass is 32.2. The molecular formula is C23H31N3O3S2. The lowest BCUT2D eigenvalue weighted by atomic mass is 9.99. The molecule has 1 fully saturated rings. The van der Waals surface area contributed by atoms with Crippen LogP contribution in [0.3, 0.4) is 0 Å². The van der Waals surface area contributed by atoms with Crippen molar-refractivity contribution in [1.82, 2.24) is 9.21 Å². The smallest absolute Gasteiger partial charge is 0.243 e. The van der Waals surface area contributed by atoms with Gasteiger partial charge in [-0.15, -0.1) is 11.8 Å². The number of nitrogens with zero attached hydrogens (tertiary/aromatic N) is 2. The topological polar surface area (TPSA) is 69.7 Å². The van der Waals surface area contributed by atoms with Crippen molar-refractivity contribution in [1.29, 1.82) is 0 Å². The maximum atomic E-state index is 13.0. The van der Waals surface area contributed by atoms with Gasteiger partial charge >= 0.3 is 0 Å². The van der Waals surface area contributed by atoms with Crippen LogP contribution < -0.4 is 5.32 Å². The molecule has 0 radical (unpaired) electrons. The normalized spacial score (nSPS) is 16.7. The first-order valence-electron chi connectivity index (χ1n) is 10.6. The molecule has 0 spiro atoms. The molecule has 6 nitrogen and oxygen atoms in total. The highest BCUT2D eigenvalue weighted by molar-refractivity contribution is 7.98. The van der Waals surface area contributed by atoms with Crippen LogP contribution in [-0.2, 0) is 14.8 Å². The molecule has 1 aliphatic heterocycles. The third-order valence-corrected chi connectivity index (χ3v) is 8.39. The van der Waals surface area contributed by atoms with Gasteiger partial charge in [0.15, 0.2) is 0 Å². The van der Waals surface area contributed by atoms with Gasteiger partial charge in [-0.05, 0) is 54.5 Å². The Kier molecular flexibility index (Phi) is 8.16. The monoisotopic (exact) mass is 461 g/mol. The van der Waals surface area contributed by atoms with Crippen LogP contribution in [0.15, 0.2) is 58.3 Å². The number of anilines is 1. The number of hydrogen-bond acceptors (Lipinski definition) is 5. The lowest BCUT2D eigenvalue weighted by Crippen LogP contribution is -2.50. The van der Waals surface area contributed by atoms with E-state index in [4.69, 9.17) is 0 Å². The van der Waals surface area contributed by atoms with Gasteiger partial charge < -0.3 is 5.32 Å². The second-order valence-electron chi connectivity index (χ2n) is 7.84. The zero-order chi connectivity index (χ0) is 22.4. The quantitative estimate of drug-likeness (QED) is 0.605. The van der Waals surface area contributed by atoms with Gasteiger partial charge in [0.1, 0.15) is 0 Å². The van der Waals surface area contributed by atoms with Crippen molar-refractivity contribution < 1.29 is 13.2 Å². The van der Waals surface area contributed by atoms with Crippen LogP contribution in [0, 0.1) is 0 Å². The minimum absolute atomic E-state index is 0.0878. The number of sulfonamides is 1. The van der Waals surface area contributed by atoms with Gasteiger partial charge in [0.05, 0.1) is 11.4 Å². The van der Waals surface area contributed by atoms with E-state index in [9.17, 15) is 13.2 Å². The zero-order valence-corrected chi connectivity index (χ0v) is 20.0. The van der Waals surface area contributed by atoms with Crippen molar-refractivity contribution in [3.63, 3.8) is 0 Å². The van der Waals surface area contributed by atoms with Gasteiger partial charge in [0, 0.05) is 36.8 Å². The lowest BCUT2D eigenvalue weighted by molar-refractivity contribution is -0.117. The molecule has 31 heavy (non-hydrogen) atoms. The maximum Gasteiger partial charge on any atom is 0.243 e. The molecule has 1 aliphatic rings. The zero-order valence-electron chi connectivity index (χ0n) is 18.4. The molecular weight excluding hydrogens is 430 g/mol. The van der Waals surface area contributed by atoms with E-state index in [0.717, 1.165) is 22.6 Å². The molecule has 0 bridgehead atoms. The first-order chi connectivity index (χ1) is 14.8. The van der Waals surface area contributed by atoms with Crippen LogP contribution in [-0.4, -0.2) is 62.5 Å². The summed E-state index contributed by atoms with van der Waals surface area (Å²) < 4.78 is 27.5. The average Bonchev–Trinajstić information content (AvgIpc) is 2.79. The first kappa shape index (κ1) is 23.8. The van der Waals surface area contributed by atoms with Gasteiger partial charge in [0.2, 0.25) is 15.9 Å². The van der Waals surface area contributed by atoms with Crippen LogP contribution in [0.2, 0.25) is 0 Å². The molecule has 0 saturated carbocycles. The van der Waals surface area contributed by atoms with Gasteiger partial charge in [-0.1, -0.05) is 32.0 Å². The van der Waals surface area contributed by atoms with Gasteiger partial charge in [-0.25, -0.2) is 8.42 Å². The van der Waals surface area contributed by atoms with E-state index in [1.807, 2.05) is 47.6 Å². The number of piperazine rings is 1. The Hall–Kier alpha value is -1.87. The Bertz CT molecular complexity index is 985. The summed E-state index contributed by atoms with van der Waals surface area (Å²) >= 11 is 1.63. The molecule has 1 amide bonds. The molecule has 1 heterocycles. The number of amides is 1. The number of nitrogens with one attached hydrogen (secondary N) is 1. The Morgan fingerprint density at radius 1 is 1.10 bits per heavy atom. The van der Waals surface area contributed by atoms with Crippen molar-refractivity contribution >= 4 is 33.4 Å². The minimum Gasteiger partial charge on any atom is -0.325 e. The van der Waals surface area contributed by atoms with Gasteiger partial charge in [0.25, 0.3) is 0 Å². The molecule has 1 saturated heterocycles. The number of rotatable bonds is 8. The fourth-order valence-corrected chi connectivity index (χ4v) is 5.47. The first-order valence-corrected chi connectivity index (χ1v) is 13.3. The molecule has 1 atom stereocenters. The predicted molar refractivity (Wildman–Crippen MR) is 127 cm³/mol. The fraction of sp³-hybridized carbons (Fsp3) is 0.435. The van der Waals surface area contributed by atoms with Crippen molar-refractivity contribution in [3.05, 3.63) is 54.1 Å². The summed E-state index contributed by atoms with van der Waals surface area (Å²) in [5.41, 5.74) is 1.93. The Morgan fingerprint density at radius 2 is 1.77 bits per heavy atom.